The van der Waals surface area contributed by atoms with Crippen LogP contribution in [0.5, 0.6) is 0 Å². The van der Waals surface area contributed by atoms with Crippen molar-refractivity contribution in [2.75, 3.05) is 24.6 Å². The standard InChI is InChI=1S/C14H18N4OP2/c15-5-1-9-20(10-2-6-16)11-14-21(19,12-3-7-17)13-4-8-18/h11,14H,1-4,9-10,12-13H2/b14-11+. The molecule has 0 rings (SSSR count). The minimum atomic E-state index is -2.65. The van der Waals surface area contributed by atoms with E-state index >= 15 is 0 Å². The molecule has 7 heteroatoms. The third-order valence-electron chi connectivity index (χ3n) is 2.78. The summed E-state index contributed by atoms with van der Waals surface area (Å²) in [4.78, 5) is 0. The molecule has 0 aliphatic heterocycles. The summed E-state index contributed by atoms with van der Waals surface area (Å²) in [5.41, 5.74) is 0. The molecule has 110 valence electrons. The van der Waals surface area contributed by atoms with E-state index in [-0.39, 0.29) is 12.8 Å². The second kappa shape index (κ2) is 12.1. The third-order valence-corrected chi connectivity index (χ3v) is 7.83. The Bertz CT molecular complexity index is 505. The number of hydrogen-bond donors (Lipinski definition) is 0. The quantitative estimate of drug-likeness (QED) is 0.565. The molecule has 0 bridgehead atoms. The van der Waals surface area contributed by atoms with Gasteiger partial charge in [-0.1, -0.05) is 13.7 Å². The molecule has 0 aliphatic carbocycles. The van der Waals surface area contributed by atoms with Crippen molar-refractivity contribution < 1.29 is 4.57 Å². The number of rotatable bonds is 10. The first-order valence-electron chi connectivity index (χ1n) is 6.61. The zero-order valence-electron chi connectivity index (χ0n) is 11.9. The summed E-state index contributed by atoms with van der Waals surface area (Å²) in [6, 6.07) is 8.14. The highest BCUT2D eigenvalue weighted by atomic mass is 31.2. The van der Waals surface area contributed by atoms with E-state index in [4.69, 9.17) is 21.0 Å². The van der Waals surface area contributed by atoms with Gasteiger partial charge in [-0.3, -0.25) is 0 Å². The Kier molecular flexibility index (Phi) is 11.2. The van der Waals surface area contributed by atoms with Crippen LogP contribution in [0.4, 0.5) is 0 Å². The first kappa shape index (κ1) is 19.4. The second-order valence-corrected chi connectivity index (χ2v) is 9.83. The number of nitriles is 4. The fourth-order valence-corrected chi connectivity index (χ4v) is 6.10. The van der Waals surface area contributed by atoms with Gasteiger partial charge in [0, 0.05) is 38.0 Å². The van der Waals surface area contributed by atoms with Crippen LogP contribution in [0.25, 0.3) is 0 Å². The summed E-state index contributed by atoms with van der Waals surface area (Å²) in [6.45, 7) is 0. The van der Waals surface area contributed by atoms with Gasteiger partial charge < -0.3 is 4.57 Å². The van der Waals surface area contributed by atoms with E-state index in [0.717, 1.165) is 0 Å². The maximum absolute atomic E-state index is 12.7. The largest absolute Gasteiger partial charge is 0.319 e. The smallest absolute Gasteiger partial charge is 0.110 e. The number of hydrogen-bond acceptors (Lipinski definition) is 5. The molecule has 0 amide bonds. The summed E-state index contributed by atoms with van der Waals surface area (Å²) in [7, 11) is -3.28. The minimum Gasteiger partial charge on any atom is -0.319 e. The molecule has 0 atom stereocenters. The monoisotopic (exact) mass is 320 g/mol. The Morgan fingerprint density at radius 3 is 1.62 bits per heavy atom. The molecule has 0 N–H and O–H groups in total. The molecule has 0 saturated heterocycles. The molecule has 0 aromatic carbocycles. The third kappa shape index (κ3) is 9.83. The summed E-state index contributed by atoms with van der Waals surface area (Å²) >= 11 is 0. The van der Waals surface area contributed by atoms with Gasteiger partial charge in [0.2, 0.25) is 0 Å². The van der Waals surface area contributed by atoms with Crippen molar-refractivity contribution in [2.24, 2.45) is 0 Å². The lowest BCUT2D eigenvalue weighted by atomic mass is 10.5. The highest BCUT2D eigenvalue weighted by Crippen LogP contribution is 2.51. The molecule has 0 unspecified atom stereocenters. The normalized spacial score (nSPS) is 10.7. The first-order chi connectivity index (χ1) is 10.1. The van der Waals surface area contributed by atoms with E-state index in [2.05, 4.69) is 12.1 Å². The van der Waals surface area contributed by atoms with Crippen molar-refractivity contribution in [3.8, 4) is 24.3 Å². The maximum Gasteiger partial charge on any atom is 0.110 e. The number of nitrogens with zero attached hydrogens (tertiary/aromatic N) is 4. The minimum absolute atomic E-state index is 0.210. The lowest BCUT2D eigenvalue weighted by molar-refractivity contribution is 0.580. The Balaban J connectivity index is 4.85. The molecule has 21 heavy (non-hydrogen) atoms. The van der Waals surface area contributed by atoms with Gasteiger partial charge >= 0.3 is 0 Å². The Labute approximate surface area is 127 Å². The Morgan fingerprint density at radius 1 is 0.810 bits per heavy atom. The summed E-state index contributed by atoms with van der Waals surface area (Å²) in [6.07, 6.45) is 3.23. The van der Waals surface area contributed by atoms with Crippen molar-refractivity contribution in [1.82, 2.24) is 0 Å². The fraction of sp³-hybridized carbons (Fsp3) is 0.571. The molecular formula is C14H18N4OP2. The van der Waals surface area contributed by atoms with E-state index in [1.807, 2.05) is 18.0 Å². The fourth-order valence-electron chi connectivity index (χ4n) is 1.60. The van der Waals surface area contributed by atoms with Crippen molar-refractivity contribution >= 4 is 15.1 Å². The molecule has 0 spiro atoms. The van der Waals surface area contributed by atoms with Crippen LogP contribution >= 0.6 is 15.1 Å². The topological polar surface area (TPSA) is 112 Å². The lowest BCUT2D eigenvalue weighted by Crippen LogP contribution is -1.93. The zero-order chi connectivity index (χ0) is 16.0. The van der Waals surface area contributed by atoms with E-state index in [1.54, 1.807) is 5.82 Å². The summed E-state index contributed by atoms with van der Waals surface area (Å²) in [5.74, 6) is 3.54. The molecular weight excluding hydrogens is 302 g/mol. The highest BCUT2D eigenvalue weighted by molar-refractivity contribution is 7.68. The first-order valence-corrected chi connectivity index (χ1v) is 10.5. The van der Waals surface area contributed by atoms with E-state index < -0.39 is 15.1 Å². The van der Waals surface area contributed by atoms with Gasteiger partial charge in [0.1, 0.15) is 7.14 Å². The van der Waals surface area contributed by atoms with Crippen LogP contribution in [0.2, 0.25) is 0 Å². The van der Waals surface area contributed by atoms with Crippen molar-refractivity contribution in [1.29, 1.82) is 21.0 Å². The Morgan fingerprint density at radius 2 is 1.24 bits per heavy atom. The van der Waals surface area contributed by atoms with E-state index in [1.165, 1.54) is 0 Å². The predicted molar refractivity (Wildman–Crippen MR) is 84.1 cm³/mol. The maximum atomic E-state index is 12.7. The van der Waals surface area contributed by atoms with Crippen LogP contribution in [0.3, 0.4) is 0 Å². The van der Waals surface area contributed by atoms with E-state index in [0.29, 0.717) is 37.5 Å². The zero-order valence-corrected chi connectivity index (χ0v) is 13.7. The predicted octanol–water partition coefficient (Wildman–Crippen LogP) is 3.96. The van der Waals surface area contributed by atoms with Gasteiger partial charge in [-0.25, -0.2) is 0 Å². The Hall–Kier alpha value is -1.64. The van der Waals surface area contributed by atoms with Gasteiger partial charge in [-0.15, -0.1) is 0 Å². The average Bonchev–Trinajstić information content (AvgIpc) is 2.50. The molecule has 0 fully saturated rings. The van der Waals surface area contributed by atoms with Crippen molar-refractivity contribution in [3.05, 3.63) is 11.6 Å². The van der Waals surface area contributed by atoms with Gasteiger partial charge in [0.15, 0.2) is 0 Å². The molecule has 0 aliphatic rings. The van der Waals surface area contributed by atoms with Crippen LogP contribution < -0.4 is 0 Å². The summed E-state index contributed by atoms with van der Waals surface area (Å²) in [5, 5.41) is 34.6. The van der Waals surface area contributed by atoms with Crippen LogP contribution in [-0.2, 0) is 4.57 Å². The lowest BCUT2D eigenvalue weighted by Gasteiger charge is -2.14. The van der Waals surface area contributed by atoms with Gasteiger partial charge in [0.25, 0.3) is 0 Å². The van der Waals surface area contributed by atoms with Gasteiger partial charge in [-0.05, 0) is 18.1 Å². The van der Waals surface area contributed by atoms with Crippen LogP contribution in [-0.4, -0.2) is 24.6 Å². The molecule has 0 radical (unpaired) electrons. The molecule has 0 heterocycles. The van der Waals surface area contributed by atoms with Crippen molar-refractivity contribution in [3.63, 3.8) is 0 Å². The second-order valence-electron chi connectivity index (χ2n) is 4.37. The van der Waals surface area contributed by atoms with Crippen LogP contribution in [0.1, 0.15) is 25.7 Å². The van der Waals surface area contributed by atoms with Crippen molar-refractivity contribution in [2.45, 2.75) is 25.7 Å². The molecule has 5 nitrogen and oxygen atoms in total. The SMILES string of the molecule is N#CCCP(/C=C/P(=O)(CCC#N)CCC#N)CCC#N. The summed E-state index contributed by atoms with van der Waals surface area (Å²) < 4.78 is 12.7. The van der Waals surface area contributed by atoms with Gasteiger partial charge in [-0.2, -0.15) is 21.0 Å². The molecule has 0 aromatic rings. The molecule has 0 aromatic heterocycles. The average molecular weight is 320 g/mol. The van der Waals surface area contributed by atoms with E-state index in [9.17, 15) is 4.57 Å². The molecule has 0 saturated carbocycles. The highest BCUT2D eigenvalue weighted by Gasteiger charge is 2.18. The van der Waals surface area contributed by atoms with Crippen LogP contribution in [0.15, 0.2) is 11.6 Å². The van der Waals surface area contributed by atoms with Crippen LogP contribution in [0, 0.1) is 45.3 Å². The van der Waals surface area contributed by atoms with Gasteiger partial charge in [0.05, 0.1) is 24.3 Å².